The fourth-order valence-electron chi connectivity index (χ4n) is 2.93. The van der Waals surface area contributed by atoms with Crippen LogP contribution in [0.2, 0.25) is 0 Å². The van der Waals surface area contributed by atoms with Crippen LogP contribution >= 0.6 is 0 Å². The highest BCUT2D eigenvalue weighted by atomic mass is 32.3. The van der Waals surface area contributed by atoms with E-state index in [1.165, 1.54) is 18.7 Å². The molecule has 2 rings (SSSR count). The van der Waals surface area contributed by atoms with E-state index in [0.29, 0.717) is 24.3 Å². The molecule has 2 fully saturated rings. The Balaban J connectivity index is 1.94. The number of primary amides is 1. The number of nitrogens with zero attached hydrogens (tertiary/aromatic N) is 2. The number of rotatable bonds is 10. The van der Waals surface area contributed by atoms with Gasteiger partial charge in [0.2, 0.25) is 5.91 Å². The van der Waals surface area contributed by atoms with E-state index in [1.807, 2.05) is 6.92 Å². The van der Waals surface area contributed by atoms with Gasteiger partial charge in [0.05, 0.1) is 24.7 Å². The standard InChI is InChI=1S/C16H27N3O8S/c1-4-5-8-25-14(21)16(2,3)10-26-28(23,24)27-19-11-6-7-12(13(17)20)18(9-11)15(19)22/h11-12H,4-10H2,1-3H3,(H2,17,20)/t11-,12+/m1/s1. The predicted molar refractivity (Wildman–Crippen MR) is 95.6 cm³/mol. The van der Waals surface area contributed by atoms with Crippen molar-refractivity contribution in [2.45, 2.75) is 58.5 Å². The Morgan fingerprint density at radius 2 is 1.96 bits per heavy atom. The first kappa shape index (κ1) is 22.4. The summed E-state index contributed by atoms with van der Waals surface area (Å²) < 4.78 is 39.0. The maximum absolute atomic E-state index is 12.4. The molecule has 2 saturated heterocycles. The normalized spacial score (nSPS) is 22.5. The largest absolute Gasteiger partial charge is 0.465 e. The molecule has 0 aromatic heterocycles. The molecule has 2 bridgehead atoms. The van der Waals surface area contributed by atoms with Crippen molar-refractivity contribution >= 4 is 28.3 Å². The highest BCUT2D eigenvalue weighted by molar-refractivity contribution is 7.81. The number of hydrogen-bond acceptors (Lipinski definition) is 8. The third-order valence-electron chi connectivity index (χ3n) is 4.67. The van der Waals surface area contributed by atoms with Crippen molar-refractivity contribution in [1.82, 2.24) is 9.96 Å². The monoisotopic (exact) mass is 421 g/mol. The lowest BCUT2D eigenvalue weighted by atomic mass is 9.95. The zero-order chi connectivity index (χ0) is 21.1. The Bertz CT molecular complexity index is 723. The number of carbonyl (C=O) groups is 3. The van der Waals surface area contributed by atoms with Gasteiger partial charge in [-0.3, -0.25) is 9.59 Å². The van der Waals surface area contributed by atoms with Gasteiger partial charge in [0.15, 0.2) is 0 Å². The summed E-state index contributed by atoms with van der Waals surface area (Å²) >= 11 is 0. The lowest BCUT2D eigenvalue weighted by Gasteiger charge is -2.27. The maximum atomic E-state index is 12.4. The Labute approximate surface area is 164 Å². The van der Waals surface area contributed by atoms with Crippen LogP contribution in [0.5, 0.6) is 0 Å². The van der Waals surface area contributed by atoms with E-state index >= 15 is 0 Å². The maximum Gasteiger partial charge on any atom is 0.421 e. The molecule has 12 heteroatoms. The molecule has 2 aliphatic heterocycles. The van der Waals surface area contributed by atoms with Crippen LogP contribution in [0.1, 0.15) is 46.5 Å². The van der Waals surface area contributed by atoms with Crippen molar-refractivity contribution in [3.05, 3.63) is 0 Å². The molecule has 0 spiro atoms. The molecule has 0 radical (unpaired) electrons. The van der Waals surface area contributed by atoms with Gasteiger partial charge in [-0.15, -0.1) is 4.28 Å². The summed E-state index contributed by atoms with van der Waals surface area (Å²) in [6.07, 6.45) is 2.24. The van der Waals surface area contributed by atoms with Gasteiger partial charge in [-0.1, -0.05) is 13.3 Å². The molecular formula is C16H27N3O8S. The van der Waals surface area contributed by atoms with Crippen molar-refractivity contribution < 1.29 is 36.0 Å². The van der Waals surface area contributed by atoms with E-state index in [9.17, 15) is 22.8 Å². The number of esters is 1. The molecule has 160 valence electrons. The van der Waals surface area contributed by atoms with Crippen LogP contribution in [-0.2, 0) is 33.2 Å². The molecule has 11 nitrogen and oxygen atoms in total. The van der Waals surface area contributed by atoms with Crippen molar-refractivity contribution in [3.63, 3.8) is 0 Å². The van der Waals surface area contributed by atoms with Gasteiger partial charge in [-0.05, 0) is 33.1 Å². The van der Waals surface area contributed by atoms with Crippen molar-refractivity contribution in [2.24, 2.45) is 11.1 Å². The van der Waals surface area contributed by atoms with Crippen LogP contribution in [0.4, 0.5) is 4.79 Å². The SMILES string of the molecule is CCCCOC(=O)C(C)(C)COS(=O)(=O)ON1C(=O)N2C[C@H]1CC[C@H]2C(N)=O. The second-order valence-electron chi connectivity index (χ2n) is 7.53. The Kier molecular flexibility index (Phi) is 6.88. The fraction of sp³-hybridized carbons (Fsp3) is 0.812. The van der Waals surface area contributed by atoms with E-state index < -0.39 is 52.4 Å². The molecule has 0 saturated carbocycles. The lowest BCUT2D eigenvalue weighted by molar-refractivity contribution is -0.156. The van der Waals surface area contributed by atoms with Crippen LogP contribution in [0.25, 0.3) is 0 Å². The van der Waals surface area contributed by atoms with Gasteiger partial charge in [0.25, 0.3) is 0 Å². The molecule has 0 aliphatic carbocycles. The highest BCUT2D eigenvalue weighted by Crippen LogP contribution is 2.31. The van der Waals surface area contributed by atoms with E-state index in [-0.39, 0.29) is 13.2 Å². The number of nitrogens with two attached hydrogens (primary N) is 1. The van der Waals surface area contributed by atoms with Crippen molar-refractivity contribution in [2.75, 3.05) is 19.8 Å². The van der Waals surface area contributed by atoms with Gasteiger partial charge >= 0.3 is 22.4 Å². The number of carbonyl (C=O) groups excluding carboxylic acids is 3. The number of urea groups is 1. The zero-order valence-corrected chi connectivity index (χ0v) is 17.1. The number of hydroxylamine groups is 2. The minimum Gasteiger partial charge on any atom is -0.465 e. The summed E-state index contributed by atoms with van der Waals surface area (Å²) in [6.45, 7) is 4.77. The topological polar surface area (TPSA) is 146 Å². The van der Waals surface area contributed by atoms with Gasteiger partial charge in [0.1, 0.15) is 6.04 Å². The average Bonchev–Trinajstić information content (AvgIpc) is 2.84. The van der Waals surface area contributed by atoms with E-state index in [0.717, 1.165) is 6.42 Å². The number of unbranched alkanes of at least 4 members (excludes halogenated alkanes) is 1. The zero-order valence-electron chi connectivity index (χ0n) is 16.3. The summed E-state index contributed by atoms with van der Waals surface area (Å²) in [5.74, 6) is -1.25. The molecule has 2 aliphatic rings. The van der Waals surface area contributed by atoms with E-state index in [2.05, 4.69) is 0 Å². The second kappa shape index (κ2) is 8.62. The molecule has 0 aromatic carbocycles. The van der Waals surface area contributed by atoms with Crippen LogP contribution in [0.3, 0.4) is 0 Å². The van der Waals surface area contributed by atoms with Gasteiger partial charge in [-0.25, -0.2) is 8.98 Å². The first-order valence-corrected chi connectivity index (χ1v) is 10.5. The molecule has 28 heavy (non-hydrogen) atoms. The van der Waals surface area contributed by atoms with Crippen molar-refractivity contribution in [1.29, 1.82) is 0 Å². The van der Waals surface area contributed by atoms with Crippen molar-refractivity contribution in [3.8, 4) is 0 Å². The Morgan fingerprint density at radius 3 is 2.57 bits per heavy atom. The minimum absolute atomic E-state index is 0.136. The van der Waals surface area contributed by atoms with E-state index in [1.54, 1.807) is 0 Å². The molecule has 3 amide bonds. The number of fused-ring (bicyclic) bond motifs is 2. The molecule has 0 unspecified atom stereocenters. The van der Waals surface area contributed by atoms with Gasteiger partial charge in [0, 0.05) is 6.54 Å². The quantitative estimate of drug-likeness (QED) is 0.391. The average molecular weight is 421 g/mol. The molecule has 2 atom stereocenters. The molecular weight excluding hydrogens is 394 g/mol. The van der Waals surface area contributed by atoms with Gasteiger partial charge < -0.3 is 15.4 Å². The number of ether oxygens (including phenoxy) is 1. The van der Waals surface area contributed by atoms with Crippen LogP contribution < -0.4 is 5.73 Å². The summed E-state index contributed by atoms with van der Waals surface area (Å²) in [5, 5.41) is 0.685. The predicted octanol–water partition coefficient (Wildman–Crippen LogP) is 0.303. The number of piperidine rings is 1. The smallest absolute Gasteiger partial charge is 0.421 e. The summed E-state index contributed by atoms with van der Waals surface area (Å²) in [4.78, 5) is 37.0. The number of hydrogen-bond donors (Lipinski definition) is 1. The van der Waals surface area contributed by atoms with Crippen LogP contribution in [-0.4, -0.2) is 68.1 Å². The summed E-state index contributed by atoms with van der Waals surface area (Å²) in [7, 11) is -4.61. The van der Waals surface area contributed by atoms with Crippen LogP contribution in [0.15, 0.2) is 0 Å². The summed E-state index contributed by atoms with van der Waals surface area (Å²) in [5.41, 5.74) is 4.05. The third-order valence-corrected chi connectivity index (χ3v) is 5.42. The second-order valence-corrected chi connectivity index (χ2v) is 8.73. The molecule has 2 heterocycles. The Hall–Kier alpha value is -1.92. The minimum atomic E-state index is -4.61. The molecule has 2 N–H and O–H groups in total. The van der Waals surface area contributed by atoms with Gasteiger partial charge in [-0.2, -0.15) is 13.5 Å². The third kappa shape index (κ3) is 5.11. The van der Waals surface area contributed by atoms with Crippen LogP contribution in [0, 0.1) is 5.41 Å². The highest BCUT2D eigenvalue weighted by Gasteiger charge is 2.49. The first-order chi connectivity index (χ1) is 13.0. The number of amides is 3. The first-order valence-electron chi connectivity index (χ1n) is 9.14. The fourth-order valence-corrected chi connectivity index (χ4v) is 3.79. The lowest BCUT2D eigenvalue weighted by Crippen LogP contribution is -2.47. The van der Waals surface area contributed by atoms with E-state index in [4.69, 9.17) is 18.9 Å². The Morgan fingerprint density at radius 1 is 1.29 bits per heavy atom. The molecule has 0 aromatic rings. The summed E-state index contributed by atoms with van der Waals surface area (Å²) in [6, 6.07) is -2.09.